The minimum atomic E-state index is -3.14. The highest BCUT2D eigenvalue weighted by molar-refractivity contribution is 7.88. The molecule has 0 bridgehead atoms. The Bertz CT molecular complexity index is 719. The zero-order valence-electron chi connectivity index (χ0n) is 16.2. The van der Waals surface area contributed by atoms with Gasteiger partial charge in [-0.05, 0) is 56.2 Å². The number of sulfonamides is 1. The van der Waals surface area contributed by atoms with E-state index in [1.165, 1.54) is 41.1 Å². The Hall–Kier alpha value is -1.60. The highest BCUT2D eigenvalue weighted by Gasteiger charge is 2.28. The van der Waals surface area contributed by atoms with Crippen molar-refractivity contribution in [3.05, 3.63) is 29.8 Å². The first-order chi connectivity index (χ1) is 12.9. The third kappa shape index (κ3) is 5.69. The summed E-state index contributed by atoms with van der Waals surface area (Å²) in [6, 6.07) is 8.67. The largest absolute Gasteiger partial charge is 0.372 e. The third-order valence-corrected chi connectivity index (χ3v) is 6.97. The summed E-state index contributed by atoms with van der Waals surface area (Å²) in [6.07, 6.45) is 7.13. The lowest BCUT2D eigenvalue weighted by Crippen LogP contribution is -2.42. The van der Waals surface area contributed by atoms with Crippen LogP contribution in [0, 0.1) is 5.92 Å². The number of hydrogen-bond acceptors (Lipinski definition) is 4. The number of hydrogen-bond donors (Lipinski definition) is 1. The standard InChI is InChI=1S/C20H31N3O3S/c1-27(25,26)23-15-10-18(11-16-23)20(24)21-12-9-17-5-7-19(8-6-17)22-13-3-2-4-14-22/h5-8,18H,2-4,9-16H2,1H3,(H,21,24). The summed E-state index contributed by atoms with van der Waals surface area (Å²) < 4.78 is 24.5. The van der Waals surface area contributed by atoms with Crippen LogP contribution >= 0.6 is 0 Å². The van der Waals surface area contributed by atoms with Gasteiger partial charge >= 0.3 is 0 Å². The first kappa shape index (κ1) is 20.1. The van der Waals surface area contributed by atoms with Crippen LogP contribution in [0.3, 0.4) is 0 Å². The summed E-state index contributed by atoms with van der Waals surface area (Å²) in [4.78, 5) is 14.8. The van der Waals surface area contributed by atoms with E-state index in [0.29, 0.717) is 32.5 Å². The van der Waals surface area contributed by atoms with Gasteiger partial charge in [0, 0.05) is 44.3 Å². The van der Waals surface area contributed by atoms with Crippen molar-refractivity contribution < 1.29 is 13.2 Å². The first-order valence-corrected chi connectivity index (χ1v) is 11.8. The molecule has 2 aliphatic rings. The molecule has 0 radical (unpaired) electrons. The molecule has 2 fully saturated rings. The maximum Gasteiger partial charge on any atom is 0.223 e. The molecule has 150 valence electrons. The molecule has 1 amide bonds. The molecule has 0 aromatic heterocycles. The maximum absolute atomic E-state index is 12.3. The Balaban J connectivity index is 1.40. The lowest BCUT2D eigenvalue weighted by atomic mass is 9.97. The van der Waals surface area contributed by atoms with E-state index in [-0.39, 0.29) is 11.8 Å². The number of carbonyl (C=O) groups is 1. The number of nitrogens with one attached hydrogen (secondary N) is 1. The highest BCUT2D eigenvalue weighted by Crippen LogP contribution is 2.21. The molecule has 3 rings (SSSR count). The van der Waals surface area contributed by atoms with Crippen molar-refractivity contribution in [2.75, 3.05) is 43.9 Å². The predicted molar refractivity (Wildman–Crippen MR) is 108 cm³/mol. The second-order valence-corrected chi connectivity index (χ2v) is 9.67. The van der Waals surface area contributed by atoms with Crippen molar-refractivity contribution in [3.8, 4) is 0 Å². The molecule has 2 aliphatic heterocycles. The zero-order valence-corrected chi connectivity index (χ0v) is 17.0. The van der Waals surface area contributed by atoms with Gasteiger partial charge in [0.2, 0.25) is 15.9 Å². The Labute approximate surface area is 163 Å². The van der Waals surface area contributed by atoms with Crippen LogP contribution in [0.25, 0.3) is 0 Å². The van der Waals surface area contributed by atoms with Crippen LogP contribution in [0.15, 0.2) is 24.3 Å². The number of benzene rings is 1. The van der Waals surface area contributed by atoms with Gasteiger partial charge in [0.05, 0.1) is 6.26 Å². The van der Waals surface area contributed by atoms with E-state index in [1.807, 2.05) is 0 Å². The van der Waals surface area contributed by atoms with Crippen molar-refractivity contribution in [1.29, 1.82) is 0 Å². The summed E-state index contributed by atoms with van der Waals surface area (Å²) in [6.45, 7) is 3.79. The molecule has 0 spiro atoms. The number of carbonyl (C=O) groups excluding carboxylic acids is 1. The maximum atomic E-state index is 12.3. The first-order valence-electron chi connectivity index (χ1n) is 10.0. The van der Waals surface area contributed by atoms with Crippen LogP contribution in [0.2, 0.25) is 0 Å². The van der Waals surface area contributed by atoms with Gasteiger partial charge in [0.25, 0.3) is 0 Å². The second-order valence-electron chi connectivity index (χ2n) is 7.69. The topological polar surface area (TPSA) is 69.7 Å². The molecule has 1 aromatic rings. The molecule has 2 saturated heterocycles. The van der Waals surface area contributed by atoms with E-state index < -0.39 is 10.0 Å². The number of piperidine rings is 2. The number of nitrogens with zero attached hydrogens (tertiary/aromatic N) is 2. The second kappa shape index (κ2) is 9.06. The van der Waals surface area contributed by atoms with Gasteiger partial charge in [-0.25, -0.2) is 12.7 Å². The minimum absolute atomic E-state index is 0.0492. The molecule has 7 heteroatoms. The fraction of sp³-hybridized carbons (Fsp3) is 0.650. The quantitative estimate of drug-likeness (QED) is 0.803. The van der Waals surface area contributed by atoms with Crippen LogP contribution in [-0.4, -0.2) is 57.6 Å². The van der Waals surface area contributed by atoms with E-state index in [1.54, 1.807) is 0 Å². The molecule has 0 unspecified atom stereocenters. The fourth-order valence-electron chi connectivity index (χ4n) is 3.95. The lowest BCUT2D eigenvalue weighted by Gasteiger charge is -2.29. The highest BCUT2D eigenvalue weighted by atomic mass is 32.2. The average molecular weight is 394 g/mol. The van der Waals surface area contributed by atoms with Gasteiger partial charge < -0.3 is 10.2 Å². The number of rotatable bonds is 6. The third-order valence-electron chi connectivity index (χ3n) is 5.66. The van der Waals surface area contributed by atoms with Crippen molar-refractivity contribution in [2.45, 2.75) is 38.5 Å². The van der Waals surface area contributed by atoms with Crippen LogP contribution in [0.1, 0.15) is 37.7 Å². The molecule has 2 heterocycles. The van der Waals surface area contributed by atoms with Gasteiger partial charge in [-0.2, -0.15) is 0 Å². The Morgan fingerprint density at radius 3 is 2.26 bits per heavy atom. The van der Waals surface area contributed by atoms with Gasteiger partial charge in [-0.3, -0.25) is 4.79 Å². The van der Waals surface area contributed by atoms with Crippen LogP contribution < -0.4 is 10.2 Å². The lowest BCUT2D eigenvalue weighted by molar-refractivity contribution is -0.126. The molecular formula is C20H31N3O3S. The van der Waals surface area contributed by atoms with Crippen LogP contribution in [0.4, 0.5) is 5.69 Å². The monoisotopic (exact) mass is 393 g/mol. The summed E-state index contributed by atoms with van der Waals surface area (Å²) >= 11 is 0. The molecule has 0 saturated carbocycles. The van der Waals surface area contributed by atoms with E-state index in [4.69, 9.17) is 0 Å². The molecular weight excluding hydrogens is 362 g/mol. The smallest absolute Gasteiger partial charge is 0.223 e. The van der Waals surface area contributed by atoms with E-state index in [0.717, 1.165) is 19.5 Å². The van der Waals surface area contributed by atoms with E-state index in [9.17, 15) is 13.2 Å². The van der Waals surface area contributed by atoms with Crippen molar-refractivity contribution in [1.82, 2.24) is 9.62 Å². The normalized spacial score (nSPS) is 19.8. The minimum Gasteiger partial charge on any atom is -0.372 e. The fourth-order valence-corrected chi connectivity index (χ4v) is 4.82. The Kier molecular flexibility index (Phi) is 6.76. The van der Waals surface area contributed by atoms with Crippen LogP contribution in [-0.2, 0) is 21.2 Å². The predicted octanol–water partition coefficient (Wildman–Crippen LogP) is 2.01. The molecule has 1 aromatic carbocycles. The SMILES string of the molecule is CS(=O)(=O)N1CCC(C(=O)NCCc2ccc(N3CCCCC3)cc2)CC1. The number of anilines is 1. The average Bonchev–Trinajstić information content (AvgIpc) is 2.68. The van der Waals surface area contributed by atoms with Crippen molar-refractivity contribution in [2.24, 2.45) is 5.92 Å². The van der Waals surface area contributed by atoms with Gasteiger partial charge in [-0.1, -0.05) is 12.1 Å². The van der Waals surface area contributed by atoms with E-state index in [2.05, 4.69) is 34.5 Å². The Morgan fingerprint density at radius 1 is 1.04 bits per heavy atom. The van der Waals surface area contributed by atoms with E-state index >= 15 is 0 Å². The molecule has 27 heavy (non-hydrogen) atoms. The molecule has 1 N–H and O–H groups in total. The summed E-state index contributed by atoms with van der Waals surface area (Å²) in [7, 11) is -3.14. The van der Waals surface area contributed by atoms with Crippen molar-refractivity contribution in [3.63, 3.8) is 0 Å². The van der Waals surface area contributed by atoms with Gasteiger partial charge in [-0.15, -0.1) is 0 Å². The Morgan fingerprint density at radius 2 is 1.67 bits per heavy atom. The van der Waals surface area contributed by atoms with Crippen molar-refractivity contribution >= 4 is 21.6 Å². The number of amides is 1. The molecule has 6 nitrogen and oxygen atoms in total. The molecule has 0 atom stereocenters. The summed E-state index contributed by atoms with van der Waals surface area (Å²) in [5, 5.41) is 3.02. The summed E-state index contributed by atoms with van der Waals surface area (Å²) in [5.41, 5.74) is 2.52. The van der Waals surface area contributed by atoms with Gasteiger partial charge in [0.15, 0.2) is 0 Å². The van der Waals surface area contributed by atoms with Crippen LogP contribution in [0.5, 0.6) is 0 Å². The molecule has 0 aliphatic carbocycles. The van der Waals surface area contributed by atoms with Gasteiger partial charge in [0.1, 0.15) is 0 Å². The zero-order chi connectivity index (χ0) is 19.3. The summed E-state index contributed by atoms with van der Waals surface area (Å²) in [5.74, 6) is -0.0300.